The first-order chi connectivity index (χ1) is 15.5. The summed E-state index contributed by atoms with van der Waals surface area (Å²) in [7, 11) is 0. The molecule has 2 aromatic rings. The Morgan fingerprint density at radius 2 is 1.79 bits per heavy atom. The van der Waals surface area contributed by atoms with Crippen LogP contribution < -0.4 is 4.90 Å². The number of aromatic nitrogens is 1. The van der Waals surface area contributed by atoms with Crippen LogP contribution in [0, 0.1) is 11.2 Å². The van der Waals surface area contributed by atoms with Gasteiger partial charge < -0.3 is 9.64 Å². The average molecular weight is 484 g/mol. The molecule has 2 aliphatic heterocycles. The van der Waals surface area contributed by atoms with Crippen LogP contribution in [0.2, 0.25) is 5.02 Å². The van der Waals surface area contributed by atoms with Gasteiger partial charge in [-0.15, -0.1) is 0 Å². The molecule has 11 heteroatoms. The van der Waals surface area contributed by atoms with Gasteiger partial charge in [-0.25, -0.2) is 9.37 Å². The Labute approximate surface area is 191 Å². The van der Waals surface area contributed by atoms with Crippen molar-refractivity contribution in [3.8, 4) is 0 Å². The first-order valence-electron chi connectivity index (χ1n) is 10.2. The molecule has 33 heavy (non-hydrogen) atoms. The smallest absolute Gasteiger partial charge is 0.380 e. The molecule has 3 fully saturated rings. The molecule has 174 valence electrons. The number of alkyl halides is 3. The molecule has 0 unspecified atom stereocenters. The predicted octanol–water partition coefficient (Wildman–Crippen LogP) is 3.82. The third kappa shape index (κ3) is 3.56. The summed E-state index contributed by atoms with van der Waals surface area (Å²) < 4.78 is 58.5. The number of amides is 2. The molecule has 1 saturated carbocycles. The van der Waals surface area contributed by atoms with Crippen molar-refractivity contribution in [2.75, 3.05) is 24.7 Å². The number of carbonyl (C=O) groups excluding carboxylic acids is 2. The van der Waals surface area contributed by atoms with Gasteiger partial charge in [-0.2, -0.15) is 13.2 Å². The number of rotatable bonds is 3. The predicted molar refractivity (Wildman–Crippen MR) is 109 cm³/mol. The Bertz CT molecular complexity index is 1130. The van der Waals surface area contributed by atoms with E-state index in [1.807, 2.05) is 0 Å². The van der Waals surface area contributed by atoms with Crippen molar-refractivity contribution < 1.29 is 31.9 Å². The van der Waals surface area contributed by atoms with Gasteiger partial charge in [0.1, 0.15) is 12.1 Å². The molecule has 0 bridgehead atoms. The summed E-state index contributed by atoms with van der Waals surface area (Å²) in [4.78, 5) is 33.2. The molecule has 1 aromatic carbocycles. The van der Waals surface area contributed by atoms with Crippen LogP contribution in [0.4, 0.5) is 23.4 Å². The number of piperazine rings is 1. The van der Waals surface area contributed by atoms with Crippen molar-refractivity contribution >= 4 is 29.2 Å². The van der Waals surface area contributed by atoms with E-state index in [0.717, 1.165) is 23.1 Å². The van der Waals surface area contributed by atoms with Crippen LogP contribution in [-0.4, -0.2) is 47.0 Å². The number of nitrogens with zero attached hydrogens (tertiary/aromatic N) is 3. The van der Waals surface area contributed by atoms with Crippen LogP contribution >= 0.6 is 11.6 Å². The monoisotopic (exact) mass is 483 g/mol. The molecule has 2 spiro atoms. The number of hydrogen-bond acceptors (Lipinski definition) is 4. The summed E-state index contributed by atoms with van der Waals surface area (Å²) in [5.74, 6) is -2.02. The van der Waals surface area contributed by atoms with Gasteiger partial charge in [0.15, 0.2) is 11.6 Å². The van der Waals surface area contributed by atoms with Gasteiger partial charge in [0.05, 0.1) is 23.8 Å². The Morgan fingerprint density at radius 3 is 2.33 bits per heavy atom. The minimum atomic E-state index is -4.47. The minimum Gasteiger partial charge on any atom is -0.380 e. The third-order valence-electron chi connectivity index (χ3n) is 6.57. The Hall–Kier alpha value is -2.72. The number of anilines is 1. The second-order valence-electron chi connectivity index (χ2n) is 8.90. The fourth-order valence-electron chi connectivity index (χ4n) is 5.02. The highest BCUT2D eigenvalue weighted by Gasteiger charge is 2.68. The van der Waals surface area contributed by atoms with Crippen molar-refractivity contribution in [1.29, 1.82) is 0 Å². The lowest BCUT2D eigenvalue weighted by atomic mass is 9.54. The van der Waals surface area contributed by atoms with Gasteiger partial charge >= 0.3 is 6.18 Å². The molecular weight excluding hydrogens is 466 g/mol. The lowest BCUT2D eigenvalue weighted by molar-refractivity contribution is -0.221. The van der Waals surface area contributed by atoms with Crippen LogP contribution in [0.5, 0.6) is 0 Å². The molecular formula is C22H18ClF4N3O3. The average Bonchev–Trinajstić information content (AvgIpc) is 2.68. The number of ether oxygens (including phenoxy) is 1. The summed E-state index contributed by atoms with van der Waals surface area (Å²) in [5.41, 5.74) is -1.82. The molecule has 6 nitrogen and oxygen atoms in total. The van der Waals surface area contributed by atoms with Gasteiger partial charge in [-0.3, -0.25) is 14.5 Å². The largest absolute Gasteiger partial charge is 0.416 e. The van der Waals surface area contributed by atoms with Gasteiger partial charge in [0.25, 0.3) is 5.91 Å². The Kier molecular flexibility index (Phi) is 4.95. The minimum absolute atomic E-state index is 0.0377. The van der Waals surface area contributed by atoms with E-state index in [1.165, 1.54) is 23.2 Å². The maximum Gasteiger partial charge on any atom is 0.416 e. The fraction of sp³-hybridized carbons (Fsp3) is 0.409. The van der Waals surface area contributed by atoms with Crippen molar-refractivity contribution in [2.45, 2.75) is 31.1 Å². The first-order valence-corrected chi connectivity index (χ1v) is 10.6. The number of benzene rings is 1. The SMILES string of the molecule is O=C1CN(c2ncc(Cl)cc2F)C(=O)C2(CC3(COC3)C2)N1Cc1ccc(C(F)(F)F)cc1. The first kappa shape index (κ1) is 22.1. The molecule has 0 N–H and O–H groups in total. The van der Waals surface area contributed by atoms with Crippen LogP contribution in [-0.2, 0) is 27.0 Å². The highest BCUT2D eigenvalue weighted by atomic mass is 35.5. The highest BCUT2D eigenvalue weighted by Crippen LogP contribution is 2.58. The molecule has 3 heterocycles. The summed E-state index contributed by atoms with van der Waals surface area (Å²) in [6.45, 7) is 0.441. The topological polar surface area (TPSA) is 62.7 Å². The highest BCUT2D eigenvalue weighted by molar-refractivity contribution is 6.30. The van der Waals surface area contributed by atoms with Gasteiger partial charge in [-0.05, 0) is 36.6 Å². The number of halogens is 5. The van der Waals surface area contributed by atoms with E-state index in [9.17, 15) is 27.2 Å². The summed E-state index contributed by atoms with van der Waals surface area (Å²) in [6, 6.07) is 5.49. The Balaban J connectivity index is 1.47. The molecule has 2 amide bonds. The molecule has 0 radical (unpaired) electrons. The van der Waals surface area contributed by atoms with Crippen molar-refractivity contribution in [2.24, 2.45) is 5.41 Å². The maximum atomic E-state index is 14.5. The molecule has 1 aliphatic carbocycles. The quantitative estimate of drug-likeness (QED) is 0.623. The van der Waals surface area contributed by atoms with E-state index >= 15 is 0 Å². The lowest BCUT2D eigenvalue weighted by Crippen LogP contribution is -2.77. The zero-order valence-electron chi connectivity index (χ0n) is 17.2. The fourth-order valence-corrected chi connectivity index (χ4v) is 5.17. The van der Waals surface area contributed by atoms with Crippen molar-refractivity contribution in [3.05, 3.63) is 58.5 Å². The zero-order chi connectivity index (χ0) is 23.6. The molecule has 5 rings (SSSR count). The molecule has 1 aromatic heterocycles. The van der Waals surface area contributed by atoms with E-state index in [0.29, 0.717) is 31.6 Å². The van der Waals surface area contributed by atoms with Crippen molar-refractivity contribution in [3.63, 3.8) is 0 Å². The number of hydrogen-bond donors (Lipinski definition) is 0. The normalized spacial score (nSPS) is 21.4. The van der Waals surface area contributed by atoms with E-state index < -0.39 is 41.5 Å². The lowest BCUT2D eigenvalue weighted by Gasteiger charge is -2.64. The summed E-state index contributed by atoms with van der Waals surface area (Å²) >= 11 is 5.77. The van der Waals surface area contributed by atoms with Gasteiger partial charge in [0.2, 0.25) is 5.91 Å². The van der Waals surface area contributed by atoms with Crippen LogP contribution in [0.25, 0.3) is 0 Å². The molecule has 0 atom stereocenters. The molecule has 2 saturated heterocycles. The third-order valence-corrected chi connectivity index (χ3v) is 6.78. The van der Waals surface area contributed by atoms with Gasteiger partial charge in [-0.1, -0.05) is 23.7 Å². The Morgan fingerprint density at radius 1 is 1.12 bits per heavy atom. The second-order valence-corrected chi connectivity index (χ2v) is 9.34. The van der Waals surface area contributed by atoms with E-state index in [1.54, 1.807) is 0 Å². The number of pyridine rings is 1. The van der Waals surface area contributed by atoms with Crippen LogP contribution in [0.1, 0.15) is 24.0 Å². The second kappa shape index (κ2) is 7.39. The summed E-state index contributed by atoms with van der Waals surface area (Å²) in [6.07, 6.45) is -2.62. The standard InChI is InChI=1S/C22H18ClF4N3O3/c23-15-5-16(24)18(28-6-15)29-8-17(31)30(7-13-1-3-14(4-2-13)22(25,26)27)21(19(29)32)9-20(10-21)11-33-12-20/h1-6H,7-12H2. The van der Waals surface area contributed by atoms with Crippen LogP contribution in [0.3, 0.4) is 0 Å². The van der Waals surface area contributed by atoms with Gasteiger partial charge in [0, 0.05) is 18.2 Å². The summed E-state index contributed by atoms with van der Waals surface area (Å²) in [5, 5.41) is 0.0555. The van der Waals surface area contributed by atoms with Crippen LogP contribution in [0.15, 0.2) is 36.5 Å². The maximum absolute atomic E-state index is 14.5. The van der Waals surface area contributed by atoms with E-state index in [-0.39, 0.29) is 22.8 Å². The molecule has 3 aliphatic rings. The van der Waals surface area contributed by atoms with Crippen molar-refractivity contribution in [1.82, 2.24) is 9.88 Å². The zero-order valence-corrected chi connectivity index (χ0v) is 17.9. The van der Waals surface area contributed by atoms with E-state index in [4.69, 9.17) is 16.3 Å². The number of carbonyl (C=O) groups is 2. The van der Waals surface area contributed by atoms with E-state index in [2.05, 4.69) is 4.98 Å².